The van der Waals surface area contributed by atoms with Crippen LogP contribution in [0, 0.1) is 17.2 Å². The van der Waals surface area contributed by atoms with Gasteiger partial charge in [0.05, 0.1) is 11.5 Å². The second kappa shape index (κ2) is 13.0. The Bertz CT molecular complexity index is 1030. The topological polar surface area (TPSA) is 93.8 Å². The van der Waals surface area contributed by atoms with Gasteiger partial charge in [0.25, 0.3) is 0 Å². The van der Waals surface area contributed by atoms with Gasteiger partial charge in [0.15, 0.2) is 0 Å². The van der Waals surface area contributed by atoms with Gasteiger partial charge >= 0.3 is 0 Å². The van der Waals surface area contributed by atoms with Crippen molar-refractivity contribution in [3.05, 3.63) is 35.6 Å². The molecule has 2 aliphatic heterocycles. The summed E-state index contributed by atoms with van der Waals surface area (Å²) >= 11 is 0. The monoisotopic (exact) mass is 557 g/mol. The van der Waals surface area contributed by atoms with Crippen LogP contribution in [0.1, 0.15) is 71.3 Å². The number of likely N-dealkylation sites (tertiary alicyclic amines) is 1. The van der Waals surface area contributed by atoms with E-state index in [1.54, 1.807) is 12.1 Å². The standard InChI is InChI=1S/C31H48FN5O3/c1-30(2,3)35-29(40)31(23-8-6-5-7-9-23)14-17-37(18-15-31)28(39)25(20-22-10-12-24(32)13-11-22)34-27(38)26-21-36(4)19-16-33-26/h10-13,23,25-26,33H,5-9,14-21H2,1-4H3,(H,34,38)(H,35,40)/t25-,26-/m1/s1. The van der Waals surface area contributed by atoms with Crippen LogP contribution in [0.15, 0.2) is 24.3 Å². The Morgan fingerprint density at radius 1 is 1.05 bits per heavy atom. The number of carbonyl (C=O) groups is 3. The molecular weight excluding hydrogens is 509 g/mol. The lowest BCUT2D eigenvalue weighted by atomic mass is 9.63. The van der Waals surface area contributed by atoms with Crippen LogP contribution in [0.2, 0.25) is 0 Å². The van der Waals surface area contributed by atoms with E-state index in [9.17, 15) is 18.8 Å². The first-order valence-electron chi connectivity index (χ1n) is 15.0. The molecule has 8 nitrogen and oxygen atoms in total. The number of piperidine rings is 1. The van der Waals surface area contributed by atoms with Crippen LogP contribution in [-0.2, 0) is 20.8 Å². The van der Waals surface area contributed by atoms with Crippen molar-refractivity contribution in [1.82, 2.24) is 25.8 Å². The Morgan fingerprint density at radius 3 is 2.30 bits per heavy atom. The molecule has 2 saturated heterocycles. The minimum Gasteiger partial charge on any atom is -0.351 e. The van der Waals surface area contributed by atoms with E-state index in [0.717, 1.165) is 37.8 Å². The Kier molecular flexibility index (Phi) is 9.88. The molecule has 3 aliphatic rings. The first kappa shape index (κ1) is 30.4. The number of hydrogen-bond donors (Lipinski definition) is 3. The third-order valence-corrected chi connectivity index (χ3v) is 8.96. The molecule has 3 amide bonds. The van der Waals surface area contributed by atoms with Crippen LogP contribution >= 0.6 is 0 Å². The van der Waals surface area contributed by atoms with Gasteiger partial charge in [-0.2, -0.15) is 0 Å². The number of hydrogen-bond acceptors (Lipinski definition) is 5. The van der Waals surface area contributed by atoms with Gasteiger partial charge in [0.1, 0.15) is 11.9 Å². The molecule has 2 atom stereocenters. The third kappa shape index (κ3) is 7.60. The van der Waals surface area contributed by atoms with Crippen LogP contribution in [0.3, 0.4) is 0 Å². The van der Waals surface area contributed by atoms with Crippen molar-refractivity contribution in [1.29, 1.82) is 0 Å². The smallest absolute Gasteiger partial charge is 0.245 e. The lowest BCUT2D eigenvalue weighted by Gasteiger charge is -2.48. The zero-order valence-corrected chi connectivity index (χ0v) is 24.7. The van der Waals surface area contributed by atoms with Crippen molar-refractivity contribution in [2.45, 2.75) is 89.8 Å². The molecule has 1 aromatic carbocycles. The van der Waals surface area contributed by atoms with Crippen molar-refractivity contribution in [2.75, 3.05) is 39.8 Å². The highest BCUT2D eigenvalue weighted by molar-refractivity contribution is 5.90. The van der Waals surface area contributed by atoms with Crippen molar-refractivity contribution in [2.24, 2.45) is 11.3 Å². The summed E-state index contributed by atoms with van der Waals surface area (Å²) in [6, 6.07) is 4.92. The first-order valence-corrected chi connectivity index (χ1v) is 15.0. The molecular formula is C31H48FN5O3. The number of nitrogens with zero attached hydrogens (tertiary/aromatic N) is 2. The largest absolute Gasteiger partial charge is 0.351 e. The third-order valence-electron chi connectivity index (χ3n) is 8.96. The van der Waals surface area contributed by atoms with E-state index in [1.807, 2.05) is 32.7 Å². The predicted molar refractivity (Wildman–Crippen MR) is 154 cm³/mol. The first-order chi connectivity index (χ1) is 19.0. The zero-order chi connectivity index (χ0) is 28.9. The van der Waals surface area contributed by atoms with E-state index >= 15 is 0 Å². The summed E-state index contributed by atoms with van der Waals surface area (Å²) in [5.74, 6) is -0.248. The molecule has 0 bridgehead atoms. The fraction of sp³-hybridized carbons (Fsp3) is 0.710. The molecule has 1 aromatic rings. The van der Waals surface area contributed by atoms with Gasteiger partial charge in [-0.25, -0.2) is 4.39 Å². The van der Waals surface area contributed by atoms with E-state index in [-0.39, 0.29) is 35.5 Å². The second-order valence-corrected chi connectivity index (χ2v) is 13.2. The van der Waals surface area contributed by atoms with Gasteiger partial charge in [-0.05, 0) is 77.1 Å². The summed E-state index contributed by atoms with van der Waals surface area (Å²) in [5, 5.41) is 9.52. The van der Waals surface area contributed by atoms with Crippen LogP contribution in [0.4, 0.5) is 4.39 Å². The van der Waals surface area contributed by atoms with E-state index < -0.39 is 17.5 Å². The summed E-state index contributed by atoms with van der Waals surface area (Å²) in [5.41, 5.74) is -0.0132. The Morgan fingerprint density at radius 2 is 1.70 bits per heavy atom. The van der Waals surface area contributed by atoms with Gasteiger partial charge in [0, 0.05) is 44.7 Å². The molecule has 1 aliphatic carbocycles. The molecule has 0 aromatic heterocycles. The second-order valence-electron chi connectivity index (χ2n) is 13.2. The van der Waals surface area contributed by atoms with Gasteiger partial charge < -0.3 is 25.8 Å². The molecule has 9 heteroatoms. The maximum Gasteiger partial charge on any atom is 0.245 e. The van der Waals surface area contributed by atoms with Crippen LogP contribution in [0.5, 0.6) is 0 Å². The molecule has 2 heterocycles. The average Bonchev–Trinajstić information content (AvgIpc) is 2.93. The summed E-state index contributed by atoms with van der Waals surface area (Å²) in [6.45, 7) is 9.14. The van der Waals surface area contributed by atoms with Crippen molar-refractivity contribution in [3.63, 3.8) is 0 Å². The SMILES string of the molecule is CN1CCN[C@@H](C(=O)N[C@H](Cc2ccc(F)cc2)C(=O)N2CCC(C(=O)NC(C)(C)C)(C3CCCCC3)CC2)C1. The van der Waals surface area contributed by atoms with Gasteiger partial charge in [-0.1, -0.05) is 31.4 Å². The van der Waals surface area contributed by atoms with E-state index in [2.05, 4.69) is 20.9 Å². The van der Waals surface area contributed by atoms with Crippen LogP contribution in [0.25, 0.3) is 0 Å². The number of carbonyl (C=O) groups excluding carboxylic acids is 3. The molecule has 0 spiro atoms. The maximum absolute atomic E-state index is 13.9. The molecule has 0 unspecified atom stereocenters. The van der Waals surface area contributed by atoms with Crippen LogP contribution < -0.4 is 16.0 Å². The Hall–Kier alpha value is -2.52. The molecule has 1 saturated carbocycles. The van der Waals surface area contributed by atoms with Gasteiger partial charge in [-0.3, -0.25) is 14.4 Å². The summed E-state index contributed by atoms with van der Waals surface area (Å²) < 4.78 is 13.6. The quantitative estimate of drug-likeness (QED) is 0.480. The number of likely N-dealkylation sites (N-methyl/N-ethyl adjacent to an activating group) is 1. The lowest BCUT2D eigenvalue weighted by Crippen LogP contribution is -2.61. The molecule has 40 heavy (non-hydrogen) atoms. The highest BCUT2D eigenvalue weighted by atomic mass is 19.1. The van der Waals surface area contributed by atoms with E-state index in [0.29, 0.717) is 44.9 Å². The van der Waals surface area contributed by atoms with Crippen molar-refractivity contribution >= 4 is 17.7 Å². The van der Waals surface area contributed by atoms with E-state index in [1.165, 1.54) is 18.6 Å². The number of rotatable bonds is 7. The highest BCUT2D eigenvalue weighted by Gasteiger charge is 2.49. The zero-order valence-electron chi connectivity index (χ0n) is 24.7. The lowest BCUT2D eigenvalue weighted by molar-refractivity contribution is -0.147. The van der Waals surface area contributed by atoms with Crippen molar-refractivity contribution in [3.8, 4) is 0 Å². The number of amides is 3. The molecule has 3 fully saturated rings. The molecule has 3 N–H and O–H groups in total. The average molecular weight is 558 g/mol. The molecule has 222 valence electrons. The summed E-state index contributed by atoms with van der Waals surface area (Å²) in [7, 11) is 1.98. The molecule has 4 rings (SSSR count). The maximum atomic E-state index is 13.9. The Balaban J connectivity index is 1.50. The van der Waals surface area contributed by atoms with Crippen molar-refractivity contribution < 1.29 is 18.8 Å². The van der Waals surface area contributed by atoms with E-state index in [4.69, 9.17) is 0 Å². The molecule has 0 radical (unpaired) electrons. The summed E-state index contributed by atoms with van der Waals surface area (Å²) in [4.78, 5) is 44.8. The van der Waals surface area contributed by atoms with Crippen LogP contribution in [-0.4, -0.2) is 84.9 Å². The fourth-order valence-electron chi connectivity index (χ4n) is 6.69. The van der Waals surface area contributed by atoms with Gasteiger partial charge in [0.2, 0.25) is 17.7 Å². The highest BCUT2D eigenvalue weighted by Crippen LogP contribution is 2.46. The Labute approximate surface area is 238 Å². The normalized spacial score (nSPS) is 23.3. The number of benzene rings is 1. The minimum absolute atomic E-state index is 0.114. The number of piperazine rings is 1. The van der Waals surface area contributed by atoms with Gasteiger partial charge in [-0.15, -0.1) is 0 Å². The predicted octanol–water partition coefficient (Wildman–Crippen LogP) is 2.86. The minimum atomic E-state index is -0.766. The summed E-state index contributed by atoms with van der Waals surface area (Å²) in [6.07, 6.45) is 7.14. The number of halogens is 1. The number of nitrogens with one attached hydrogen (secondary N) is 3. The fourth-order valence-corrected chi connectivity index (χ4v) is 6.69.